The summed E-state index contributed by atoms with van der Waals surface area (Å²) in [7, 11) is 2.99. The second kappa shape index (κ2) is 7.00. The van der Waals surface area contributed by atoms with Crippen molar-refractivity contribution in [1.82, 2.24) is 14.5 Å². The van der Waals surface area contributed by atoms with Crippen LogP contribution in [0.25, 0.3) is 10.9 Å². The standard InChI is InChI=1S/C17H16N4O4/c1-24-13-7-11-12(8-14(13)25-2)19-10-21(17(11)23)9-16(22)20-15-5-3-4-6-18-15/h3-8,10H,9H2,1-2H3,(H,18,20,22). The summed E-state index contributed by atoms with van der Waals surface area (Å²) in [4.78, 5) is 33.0. The van der Waals surface area contributed by atoms with Crippen LogP contribution in [-0.2, 0) is 11.3 Å². The van der Waals surface area contributed by atoms with Crippen molar-refractivity contribution in [2.45, 2.75) is 6.54 Å². The molecule has 2 aromatic heterocycles. The molecule has 1 aromatic carbocycles. The van der Waals surface area contributed by atoms with E-state index in [-0.39, 0.29) is 18.0 Å². The third-order valence-corrected chi connectivity index (χ3v) is 3.58. The largest absolute Gasteiger partial charge is 0.493 e. The van der Waals surface area contributed by atoms with Gasteiger partial charge < -0.3 is 14.8 Å². The number of nitrogens with zero attached hydrogens (tertiary/aromatic N) is 3. The maximum Gasteiger partial charge on any atom is 0.261 e. The predicted octanol–water partition coefficient (Wildman–Crippen LogP) is 1.45. The van der Waals surface area contributed by atoms with Gasteiger partial charge in [-0.2, -0.15) is 0 Å². The molecule has 0 spiro atoms. The summed E-state index contributed by atoms with van der Waals surface area (Å²) in [5, 5.41) is 2.96. The Morgan fingerprint density at radius 2 is 1.92 bits per heavy atom. The van der Waals surface area contributed by atoms with Crippen LogP contribution in [0.5, 0.6) is 11.5 Å². The zero-order valence-corrected chi connectivity index (χ0v) is 13.7. The molecule has 8 heteroatoms. The van der Waals surface area contributed by atoms with Crippen LogP contribution < -0.4 is 20.3 Å². The monoisotopic (exact) mass is 340 g/mol. The number of rotatable bonds is 5. The lowest BCUT2D eigenvalue weighted by molar-refractivity contribution is -0.116. The molecule has 1 N–H and O–H groups in total. The van der Waals surface area contributed by atoms with E-state index in [0.29, 0.717) is 28.2 Å². The third-order valence-electron chi connectivity index (χ3n) is 3.58. The van der Waals surface area contributed by atoms with Crippen molar-refractivity contribution in [2.24, 2.45) is 0 Å². The number of aromatic nitrogens is 3. The molecule has 128 valence electrons. The van der Waals surface area contributed by atoms with E-state index >= 15 is 0 Å². The summed E-state index contributed by atoms with van der Waals surface area (Å²) in [6.45, 7) is -0.174. The van der Waals surface area contributed by atoms with E-state index < -0.39 is 0 Å². The summed E-state index contributed by atoms with van der Waals surface area (Å²) in [5.41, 5.74) is 0.117. The fraction of sp³-hybridized carbons (Fsp3) is 0.176. The van der Waals surface area contributed by atoms with Crippen LogP contribution >= 0.6 is 0 Å². The Bertz CT molecular complexity index is 970. The number of nitrogens with one attached hydrogen (secondary N) is 1. The zero-order chi connectivity index (χ0) is 17.8. The molecule has 0 aliphatic rings. The molecular weight excluding hydrogens is 324 g/mol. The first-order valence-corrected chi connectivity index (χ1v) is 7.44. The predicted molar refractivity (Wildman–Crippen MR) is 92.0 cm³/mol. The molecule has 0 aliphatic carbocycles. The number of hydrogen-bond acceptors (Lipinski definition) is 6. The summed E-state index contributed by atoms with van der Waals surface area (Å²) < 4.78 is 11.6. The highest BCUT2D eigenvalue weighted by Crippen LogP contribution is 2.29. The quantitative estimate of drug-likeness (QED) is 0.755. The number of fused-ring (bicyclic) bond motifs is 1. The fourth-order valence-corrected chi connectivity index (χ4v) is 2.37. The maximum atomic E-state index is 12.6. The first kappa shape index (κ1) is 16.4. The van der Waals surface area contributed by atoms with Crippen LogP contribution in [0.2, 0.25) is 0 Å². The van der Waals surface area contributed by atoms with E-state index in [1.54, 1.807) is 36.5 Å². The summed E-state index contributed by atoms with van der Waals surface area (Å²) in [6.07, 6.45) is 2.90. The fourth-order valence-electron chi connectivity index (χ4n) is 2.37. The van der Waals surface area contributed by atoms with Gasteiger partial charge in [0.2, 0.25) is 5.91 Å². The molecule has 1 amide bonds. The zero-order valence-electron chi connectivity index (χ0n) is 13.7. The van der Waals surface area contributed by atoms with Gasteiger partial charge in [-0.25, -0.2) is 9.97 Å². The van der Waals surface area contributed by atoms with Crippen LogP contribution in [0.3, 0.4) is 0 Å². The Hall–Kier alpha value is -3.42. The number of methoxy groups -OCH3 is 2. The SMILES string of the molecule is COc1cc2ncn(CC(=O)Nc3ccccn3)c(=O)c2cc1OC. The Morgan fingerprint density at radius 1 is 1.16 bits per heavy atom. The Labute approximate surface area is 143 Å². The summed E-state index contributed by atoms with van der Waals surface area (Å²) in [5.74, 6) is 0.945. The highest BCUT2D eigenvalue weighted by molar-refractivity contribution is 5.89. The first-order chi connectivity index (χ1) is 12.1. The molecule has 0 bridgehead atoms. The number of pyridine rings is 1. The van der Waals surface area contributed by atoms with Gasteiger partial charge in [0.1, 0.15) is 12.4 Å². The smallest absolute Gasteiger partial charge is 0.261 e. The molecular formula is C17H16N4O4. The third kappa shape index (κ3) is 3.42. The van der Waals surface area contributed by atoms with Crippen molar-refractivity contribution in [3.8, 4) is 11.5 Å². The minimum Gasteiger partial charge on any atom is -0.493 e. The van der Waals surface area contributed by atoms with Gasteiger partial charge in [0, 0.05) is 12.3 Å². The second-order valence-electron chi connectivity index (χ2n) is 5.17. The topological polar surface area (TPSA) is 95.3 Å². The number of hydrogen-bond donors (Lipinski definition) is 1. The molecule has 0 unspecified atom stereocenters. The number of amides is 1. The molecule has 0 aliphatic heterocycles. The van der Waals surface area contributed by atoms with Crippen molar-refractivity contribution in [3.63, 3.8) is 0 Å². The van der Waals surface area contributed by atoms with Gasteiger partial charge in [0.05, 0.1) is 31.4 Å². The van der Waals surface area contributed by atoms with Crippen molar-refractivity contribution in [3.05, 3.63) is 53.2 Å². The Balaban J connectivity index is 1.91. The van der Waals surface area contributed by atoms with E-state index in [4.69, 9.17) is 9.47 Å². The normalized spacial score (nSPS) is 10.5. The Kier molecular flexibility index (Phi) is 4.60. The molecule has 0 atom stereocenters. The lowest BCUT2D eigenvalue weighted by Crippen LogP contribution is -2.28. The minimum absolute atomic E-state index is 0.174. The van der Waals surface area contributed by atoms with E-state index in [2.05, 4.69) is 15.3 Å². The van der Waals surface area contributed by atoms with Gasteiger partial charge in [0.25, 0.3) is 5.56 Å². The van der Waals surface area contributed by atoms with E-state index in [0.717, 1.165) is 0 Å². The molecule has 0 radical (unpaired) electrons. The average molecular weight is 340 g/mol. The number of carbonyl (C=O) groups excluding carboxylic acids is 1. The maximum absolute atomic E-state index is 12.6. The molecule has 25 heavy (non-hydrogen) atoms. The molecule has 0 fully saturated rings. The van der Waals surface area contributed by atoms with Gasteiger partial charge in [-0.15, -0.1) is 0 Å². The lowest BCUT2D eigenvalue weighted by atomic mass is 10.2. The van der Waals surface area contributed by atoms with Crippen LogP contribution in [0.15, 0.2) is 47.7 Å². The molecule has 0 saturated carbocycles. The average Bonchev–Trinajstić information content (AvgIpc) is 2.64. The van der Waals surface area contributed by atoms with Crippen molar-refractivity contribution < 1.29 is 14.3 Å². The molecule has 8 nitrogen and oxygen atoms in total. The summed E-state index contributed by atoms with van der Waals surface area (Å²) in [6, 6.07) is 8.34. The van der Waals surface area contributed by atoms with Crippen LogP contribution in [-0.4, -0.2) is 34.7 Å². The van der Waals surface area contributed by atoms with Crippen LogP contribution in [0, 0.1) is 0 Å². The highest BCUT2D eigenvalue weighted by atomic mass is 16.5. The highest BCUT2D eigenvalue weighted by Gasteiger charge is 2.13. The van der Waals surface area contributed by atoms with Crippen molar-refractivity contribution in [1.29, 1.82) is 0 Å². The van der Waals surface area contributed by atoms with E-state index in [1.807, 2.05) is 0 Å². The number of benzene rings is 1. The van der Waals surface area contributed by atoms with Crippen LogP contribution in [0.4, 0.5) is 5.82 Å². The van der Waals surface area contributed by atoms with E-state index in [9.17, 15) is 9.59 Å². The van der Waals surface area contributed by atoms with Gasteiger partial charge in [0.15, 0.2) is 11.5 Å². The summed E-state index contributed by atoms with van der Waals surface area (Å²) >= 11 is 0. The van der Waals surface area contributed by atoms with Crippen molar-refractivity contribution >= 4 is 22.6 Å². The number of anilines is 1. The molecule has 3 rings (SSSR count). The van der Waals surface area contributed by atoms with Crippen LogP contribution in [0.1, 0.15) is 0 Å². The molecule has 0 saturated heterocycles. The van der Waals surface area contributed by atoms with Gasteiger partial charge in [-0.05, 0) is 18.2 Å². The Morgan fingerprint density at radius 3 is 2.60 bits per heavy atom. The molecule has 2 heterocycles. The number of carbonyl (C=O) groups is 1. The minimum atomic E-state index is -0.373. The first-order valence-electron chi connectivity index (χ1n) is 7.44. The van der Waals surface area contributed by atoms with Gasteiger partial charge in [-0.1, -0.05) is 6.07 Å². The number of ether oxygens (including phenoxy) is 2. The van der Waals surface area contributed by atoms with E-state index in [1.165, 1.54) is 25.1 Å². The second-order valence-corrected chi connectivity index (χ2v) is 5.17. The lowest BCUT2D eigenvalue weighted by Gasteiger charge is -2.10. The van der Waals surface area contributed by atoms with Crippen molar-refractivity contribution in [2.75, 3.05) is 19.5 Å². The molecule has 3 aromatic rings. The van der Waals surface area contributed by atoms with Gasteiger partial charge >= 0.3 is 0 Å². The van der Waals surface area contributed by atoms with Gasteiger partial charge in [-0.3, -0.25) is 14.2 Å².